The highest BCUT2D eigenvalue weighted by molar-refractivity contribution is 5.88. The minimum Gasteiger partial charge on any atom is -0.493 e. The second-order valence-corrected chi connectivity index (χ2v) is 3.20. The van der Waals surface area contributed by atoms with Crippen molar-refractivity contribution in [3.63, 3.8) is 0 Å². The van der Waals surface area contributed by atoms with Crippen LogP contribution in [0.2, 0.25) is 0 Å². The van der Waals surface area contributed by atoms with Crippen LogP contribution in [0.5, 0.6) is 11.5 Å². The van der Waals surface area contributed by atoms with Gasteiger partial charge in [-0.05, 0) is 25.1 Å². The molecule has 0 amide bonds. The van der Waals surface area contributed by atoms with Crippen molar-refractivity contribution < 1.29 is 19.4 Å². The second kappa shape index (κ2) is 6.44. The number of carboxylic acid groups (broad SMARTS) is 1. The summed E-state index contributed by atoms with van der Waals surface area (Å²) in [6.45, 7) is 2.21. The molecule has 4 nitrogen and oxygen atoms in total. The maximum atomic E-state index is 10.8. The van der Waals surface area contributed by atoms with E-state index in [-0.39, 0.29) is 5.56 Å². The highest BCUT2D eigenvalue weighted by atomic mass is 16.5. The van der Waals surface area contributed by atoms with Crippen molar-refractivity contribution in [3.8, 4) is 23.3 Å². The molecule has 0 saturated carbocycles. The number of aromatic carboxylic acids is 1. The summed E-state index contributed by atoms with van der Waals surface area (Å²) in [5.74, 6) is 5.58. The maximum Gasteiger partial charge on any atom is 0.335 e. The number of rotatable bonds is 5. The minimum absolute atomic E-state index is 0.169. The summed E-state index contributed by atoms with van der Waals surface area (Å²) in [7, 11) is 1.47. The molecule has 0 radical (unpaired) electrons. The number of carboxylic acids is 1. The van der Waals surface area contributed by atoms with Crippen LogP contribution in [-0.4, -0.2) is 24.8 Å². The topological polar surface area (TPSA) is 55.8 Å². The first-order chi connectivity index (χ1) is 8.19. The van der Waals surface area contributed by atoms with Gasteiger partial charge in [-0.3, -0.25) is 0 Å². The van der Waals surface area contributed by atoms with E-state index < -0.39 is 5.97 Å². The lowest BCUT2D eigenvalue weighted by molar-refractivity contribution is 0.0696. The largest absolute Gasteiger partial charge is 0.493 e. The zero-order valence-corrected chi connectivity index (χ0v) is 9.82. The molecule has 1 aromatic rings. The number of methoxy groups -OCH3 is 1. The van der Waals surface area contributed by atoms with E-state index in [0.29, 0.717) is 24.5 Å². The Morgan fingerprint density at radius 2 is 2.18 bits per heavy atom. The third kappa shape index (κ3) is 3.72. The molecule has 1 aromatic carbocycles. The van der Waals surface area contributed by atoms with Gasteiger partial charge in [0, 0.05) is 6.42 Å². The van der Waals surface area contributed by atoms with Gasteiger partial charge in [0.25, 0.3) is 0 Å². The molecule has 90 valence electrons. The fourth-order valence-electron chi connectivity index (χ4n) is 1.26. The Balaban J connectivity index is 2.77. The van der Waals surface area contributed by atoms with E-state index in [1.807, 2.05) is 0 Å². The first-order valence-electron chi connectivity index (χ1n) is 5.12. The minimum atomic E-state index is -0.994. The van der Waals surface area contributed by atoms with Gasteiger partial charge in [0.1, 0.15) is 0 Å². The van der Waals surface area contributed by atoms with E-state index in [1.165, 1.54) is 19.2 Å². The first kappa shape index (κ1) is 12.9. The number of hydrogen-bond donors (Lipinski definition) is 1. The van der Waals surface area contributed by atoms with Gasteiger partial charge in [-0.2, -0.15) is 0 Å². The van der Waals surface area contributed by atoms with Crippen LogP contribution in [0.4, 0.5) is 0 Å². The summed E-state index contributed by atoms with van der Waals surface area (Å²) in [5.41, 5.74) is 0.169. The Kier molecular flexibility index (Phi) is 4.89. The highest BCUT2D eigenvalue weighted by Gasteiger charge is 2.09. The SMILES string of the molecule is CC#CCCOc1ccc(C(=O)O)cc1OC. The first-order valence-corrected chi connectivity index (χ1v) is 5.12. The molecule has 1 rings (SSSR count). The van der Waals surface area contributed by atoms with Crippen molar-refractivity contribution in [2.24, 2.45) is 0 Å². The van der Waals surface area contributed by atoms with Crippen LogP contribution in [0.1, 0.15) is 23.7 Å². The predicted octanol–water partition coefficient (Wildman–Crippen LogP) is 2.19. The quantitative estimate of drug-likeness (QED) is 0.626. The Labute approximate surface area is 100 Å². The zero-order chi connectivity index (χ0) is 12.7. The normalized spacial score (nSPS) is 9.06. The standard InChI is InChI=1S/C13H14O4/c1-3-4-5-8-17-11-7-6-10(13(14)15)9-12(11)16-2/h6-7,9H,5,8H2,1-2H3,(H,14,15). The lowest BCUT2D eigenvalue weighted by Crippen LogP contribution is -2.01. The third-order valence-electron chi connectivity index (χ3n) is 2.07. The second-order valence-electron chi connectivity index (χ2n) is 3.20. The lowest BCUT2D eigenvalue weighted by atomic mass is 10.2. The van der Waals surface area contributed by atoms with Gasteiger partial charge in [0.15, 0.2) is 11.5 Å². The lowest BCUT2D eigenvalue weighted by Gasteiger charge is -2.10. The molecule has 0 bridgehead atoms. The van der Waals surface area contributed by atoms with E-state index in [2.05, 4.69) is 11.8 Å². The average Bonchev–Trinajstić information content (AvgIpc) is 2.34. The van der Waals surface area contributed by atoms with E-state index in [9.17, 15) is 4.79 Å². The molecule has 0 heterocycles. The summed E-state index contributed by atoms with van der Waals surface area (Å²) in [6, 6.07) is 4.50. The maximum absolute atomic E-state index is 10.8. The Morgan fingerprint density at radius 3 is 2.76 bits per heavy atom. The molecule has 0 aliphatic rings. The molecular weight excluding hydrogens is 220 g/mol. The molecule has 0 aliphatic carbocycles. The smallest absolute Gasteiger partial charge is 0.335 e. The van der Waals surface area contributed by atoms with Gasteiger partial charge in [0.2, 0.25) is 0 Å². The van der Waals surface area contributed by atoms with Crippen molar-refractivity contribution >= 4 is 5.97 Å². The van der Waals surface area contributed by atoms with Gasteiger partial charge < -0.3 is 14.6 Å². The molecule has 0 unspecified atom stereocenters. The van der Waals surface area contributed by atoms with Crippen molar-refractivity contribution in [2.75, 3.05) is 13.7 Å². The van der Waals surface area contributed by atoms with Gasteiger partial charge in [-0.1, -0.05) is 0 Å². The summed E-state index contributed by atoms with van der Waals surface area (Å²) in [4.78, 5) is 10.8. The van der Waals surface area contributed by atoms with Crippen LogP contribution in [0.25, 0.3) is 0 Å². The number of hydrogen-bond acceptors (Lipinski definition) is 3. The van der Waals surface area contributed by atoms with Gasteiger partial charge >= 0.3 is 5.97 Å². The van der Waals surface area contributed by atoms with Gasteiger partial charge in [-0.15, -0.1) is 11.8 Å². The Hall–Kier alpha value is -2.15. The molecule has 0 spiro atoms. The van der Waals surface area contributed by atoms with Crippen LogP contribution in [-0.2, 0) is 0 Å². The molecule has 1 N–H and O–H groups in total. The average molecular weight is 234 g/mol. The van der Waals surface area contributed by atoms with Crippen LogP contribution >= 0.6 is 0 Å². The molecular formula is C13H14O4. The molecule has 0 atom stereocenters. The monoisotopic (exact) mass is 234 g/mol. The van der Waals surface area contributed by atoms with Crippen LogP contribution in [0.15, 0.2) is 18.2 Å². The van der Waals surface area contributed by atoms with Crippen molar-refractivity contribution in [1.82, 2.24) is 0 Å². The van der Waals surface area contributed by atoms with Crippen molar-refractivity contribution in [2.45, 2.75) is 13.3 Å². The summed E-state index contributed by atoms with van der Waals surface area (Å²) < 4.78 is 10.5. The summed E-state index contributed by atoms with van der Waals surface area (Å²) in [5, 5.41) is 8.83. The van der Waals surface area contributed by atoms with Crippen LogP contribution in [0, 0.1) is 11.8 Å². The predicted molar refractivity (Wildman–Crippen MR) is 63.5 cm³/mol. The van der Waals surface area contributed by atoms with Crippen molar-refractivity contribution in [3.05, 3.63) is 23.8 Å². The zero-order valence-electron chi connectivity index (χ0n) is 9.82. The van der Waals surface area contributed by atoms with E-state index in [1.54, 1.807) is 13.0 Å². The van der Waals surface area contributed by atoms with Crippen LogP contribution in [0.3, 0.4) is 0 Å². The van der Waals surface area contributed by atoms with Crippen molar-refractivity contribution in [1.29, 1.82) is 0 Å². The van der Waals surface area contributed by atoms with Crippen LogP contribution < -0.4 is 9.47 Å². The summed E-state index contributed by atoms with van der Waals surface area (Å²) >= 11 is 0. The fourth-order valence-corrected chi connectivity index (χ4v) is 1.26. The molecule has 0 fully saturated rings. The Bertz CT molecular complexity index is 454. The van der Waals surface area contributed by atoms with Gasteiger partial charge in [-0.25, -0.2) is 4.79 Å². The summed E-state index contributed by atoms with van der Waals surface area (Å²) in [6.07, 6.45) is 0.625. The number of carbonyl (C=O) groups is 1. The molecule has 0 aromatic heterocycles. The van der Waals surface area contributed by atoms with E-state index in [4.69, 9.17) is 14.6 Å². The molecule has 0 aliphatic heterocycles. The van der Waals surface area contributed by atoms with E-state index >= 15 is 0 Å². The molecule has 17 heavy (non-hydrogen) atoms. The van der Waals surface area contributed by atoms with E-state index in [0.717, 1.165) is 0 Å². The highest BCUT2D eigenvalue weighted by Crippen LogP contribution is 2.28. The Morgan fingerprint density at radius 1 is 1.41 bits per heavy atom. The number of benzene rings is 1. The molecule has 0 saturated heterocycles. The van der Waals surface area contributed by atoms with Gasteiger partial charge in [0.05, 0.1) is 19.3 Å². The fraction of sp³-hybridized carbons (Fsp3) is 0.308. The number of ether oxygens (including phenoxy) is 2. The molecule has 4 heteroatoms. The third-order valence-corrected chi connectivity index (χ3v) is 2.07.